The number of nitrogens with zero attached hydrogens (tertiary/aromatic N) is 4. The second-order valence-electron chi connectivity index (χ2n) is 18.1. The number of halogens is 3. The van der Waals surface area contributed by atoms with Gasteiger partial charge in [0.25, 0.3) is 17.7 Å². The SMILES string of the molecule is CN(CC1CCC(c2nc3cc(C(C)(C)O)c(NC(=O)c4cccc(C(F)(F)F)n4)cc3s2)CC1)[C@H]1CC[C@H](CCNc2cccc3c2C(=O)N(C2CCC(=O)NC2=O)C3=O)CC1. The Balaban J connectivity index is 0.805. The summed E-state index contributed by atoms with van der Waals surface area (Å²) in [7, 11) is 2.23. The number of hydrogen-bond donors (Lipinski definition) is 4. The molecule has 4 aromatic rings. The van der Waals surface area contributed by atoms with Crippen LogP contribution in [0.25, 0.3) is 10.2 Å². The maximum atomic E-state index is 13.5. The van der Waals surface area contributed by atoms with E-state index in [0.717, 1.165) is 91.1 Å². The Labute approximate surface area is 367 Å². The van der Waals surface area contributed by atoms with E-state index in [1.807, 2.05) is 0 Å². The lowest BCUT2D eigenvalue weighted by atomic mass is 9.80. The summed E-state index contributed by atoms with van der Waals surface area (Å²) in [6, 6.07) is 11.3. The third kappa shape index (κ3) is 9.51. The fourth-order valence-electron chi connectivity index (χ4n) is 9.78. The summed E-state index contributed by atoms with van der Waals surface area (Å²) in [5, 5.41) is 20.3. The number of anilines is 2. The van der Waals surface area contributed by atoms with E-state index in [4.69, 9.17) is 4.98 Å². The van der Waals surface area contributed by atoms with E-state index < -0.39 is 53.0 Å². The summed E-state index contributed by atoms with van der Waals surface area (Å²) in [5.74, 6) is -1.47. The number of aromatic nitrogens is 2. The second kappa shape index (κ2) is 17.7. The van der Waals surface area contributed by atoms with Gasteiger partial charge in [0.1, 0.15) is 17.4 Å². The Morgan fingerprint density at radius 2 is 1.62 bits per heavy atom. The Hall–Kier alpha value is -5.26. The number of thiazole rings is 1. The maximum absolute atomic E-state index is 13.5. The zero-order valence-corrected chi connectivity index (χ0v) is 36.3. The van der Waals surface area contributed by atoms with Crippen LogP contribution >= 0.6 is 11.3 Å². The average Bonchev–Trinajstić information content (AvgIpc) is 3.78. The number of nitrogens with one attached hydrogen (secondary N) is 3. The predicted octanol–water partition coefficient (Wildman–Crippen LogP) is 7.86. The van der Waals surface area contributed by atoms with Gasteiger partial charge >= 0.3 is 6.18 Å². The quantitative estimate of drug-likeness (QED) is 0.103. The van der Waals surface area contributed by atoms with Crippen molar-refractivity contribution in [2.75, 3.05) is 30.8 Å². The summed E-state index contributed by atoms with van der Waals surface area (Å²) in [4.78, 5) is 75.9. The molecule has 0 spiro atoms. The van der Waals surface area contributed by atoms with Crippen molar-refractivity contribution < 1.29 is 42.3 Å². The van der Waals surface area contributed by atoms with Crippen molar-refractivity contribution in [2.45, 2.75) is 114 Å². The normalized spacial score (nSPS) is 23.3. The predicted molar refractivity (Wildman–Crippen MR) is 231 cm³/mol. The number of carbonyl (C=O) groups excluding carboxylic acids is 5. The molecule has 17 heteroatoms. The molecule has 334 valence electrons. The number of rotatable bonds is 12. The minimum absolute atomic E-state index is 0.0734. The van der Waals surface area contributed by atoms with Crippen molar-refractivity contribution in [2.24, 2.45) is 11.8 Å². The molecule has 1 saturated heterocycles. The van der Waals surface area contributed by atoms with Crippen molar-refractivity contribution in [1.82, 2.24) is 25.1 Å². The first-order chi connectivity index (χ1) is 29.9. The fraction of sp³-hybridized carbons (Fsp3) is 0.500. The molecule has 2 aromatic heterocycles. The fourth-order valence-corrected chi connectivity index (χ4v) is 10.9. The van der Waals surface area contributed by atoms with Crippen LogP contribution in [-0.4, -0.2) is 86.6 Å². The van der Waals surface area contributed by atoms with Crippen LogP contribution in [0.4, 0.5) is 24.5 Å². The largest absolute Gasteiger partial charge is 0.433 e. The monoisotopic (exact) mass is 887 g/mol. The molecule has 2 aromatic carbocycles. The molecule has 2 saturated carbocycles. The summed E-state index contributed by atoms with van der Waals surface area (Å²) in [5.41, 5.74) is -0.391. The maximum Gasteiger partial charge on any atom is 0.433 e. The summed E-state index contributed by atoms with van der Waals surface area (Å²) in [6.07, 6.45) is 5.03. The molecule has 4 aliphatic rings. The lowest BCUT2D eigenvalue weighted by Crippen LogP contribution is -2.54. The number of pyridine rings is 1. The van der Waals surface area contributed by atoms with Gasteiger partial charge in [-0.1, -0.05) is 12.1 Å². The van der Waals surface area contributed by atoms with E-state index in [1.54, 1.807) is 55.5 Å². The zero-order valence-electron chi connectivity index (χ0n) is 35.5. The first-order valence-corrected chi connectivity index (χ1v) is 22.6. The summed E-state index contributed by atoms with van der Waals surface area (Å²) >= 11 is 1.54. The van der Waals surface area contributed by atoms with E-state index in [1.165, 1.54) is 6.07 Å². The first-order valence-electron chi connectivity index (χ1n) is 21.8. The molecule has 4 heterocycles. The van der Waals surface area contributed by atoms with Crippen LogP contribution in [0.2, 0.25) is 0 Å². The van der Waals surface area contributed by atoms with Crippen LogP contribution in [0, 0.1) is 11.8 Å². The molecular weight excluding hydrogens is 836 g/mol. The van der Waals surface area contributed by atoms with Gasteiger partial charge in [-0.05, 0) is 133 Å². The third-order valence-corrected chi connectivity index (χ3v) is 14.4. The highest BCUT2D eigenvalue weighted by Crippen LogP contribution is 2.42. The van der Waals surface area contributed by atoms with E-state index in [2.05, 4.69) is 32.9 Å². The molecule has 8 rings (SSSR count). The first kappa shape index (κ1) is 44.4. The van der Waals surface area contributed by atoms with Gasteiger partial charge in [-0.15, -0.1) is 11.3 Å². The second-order valence-corrected chi connectivity index (χ2v) is 19.1. The van der Waals surface area contributed by atoms with E-state index >= 15 is 0 Å². The summed E-state index contributed by atoms with van der Waals surface area (Å²) < 4.78 is 40.6. The average molecular weight is 888 g/mol. The number of aliphatic hydroxyl groups is 1. The van der Waals surface area contributed by atoms with E-state index in [-0.39, 0.29) is 35.6 Å². The number of piperidine rings is 1. The number of benzene rings is 2. The van der Waals surface area contributed by atoms with Gasteiger partial charge in [-0.3, -0.25) is 34.2 Å². The highest BCUT2D eigenvalue weighted by atomic mass is 32.1. The Bertz CT molecular complexity index is 2430. The zero-order chi connectivity index (χ0) is 44.8. The molecule has 1 atom stereocenters. The highest BCUT2D eigenvalue weighted by molar-refractivity contribution is 7.18. The van der Waals surface area contributed by atoms with Gasteiger partial charge in [0.2, 0.25) is 11.8 Å². The molecule has 1 unspecified atom stereocenters. The van der Waals surface area contributed by atoms with Gasteiger partial charge in [0, 0.05) is 48.4 Å². The number of alkyl halides is 3. The molecule has 2 aliphatic heterocycles. The van der Waals surface area contributed by atoms with Crippen LogP contribution in [0.15, 0.2) is 48.5 Å². The minimum atomic E-state index is -4.69. The van der Waals surface area contributed by atoms with Crippen molar-refractivity contribution in [1.29, 1.82) is 0 Å². The van der Waals surface area contributed by atoms with E-state index in [0.29, 0.717) is 46.9 Å². The number of imide groups is 2. The highest BCUT2D eigenvalue weighted by Gasteiger charge is 2.45. The Morgan fingerprint density at radius 3 is 2.32 bits per heavy atom. The van der Waals surface area contributed by atoms with Gasteiger partial charge < -0.3 is 20.6 Å². The summed E-state index contributed by atoms with van der Waals surface area (Å²) in [6.45, 7) is 4.85. The Kier molecular flexibility index (Phi) is 12.5. The molecule has 0 radical (unpaired) electrons. The molecule has 4 N–H and O–H groups in total. The molecule has 5 amide bonds. The molecule has 2 aliphatic carbocycles. The van der Waals surface area contributed by atoms with Crippen molar-refractivity contribution in [3.63, 3.8) is 0 Å². The number of fused-ring (bicyclic) bond motifs is 2. The van der Waals surface area contributed by atoms with Gasteiger partial charge in [0.15, 0.2) is 0 Å². The third-order valence-electron chi connectivity index (χ3n) is 13.2. The van der Waals surface area contributed by atoms with E-state index in [9.17, 15) is 42.3 Å². The van der Waals surface area contributed by atoms with Crippen LogP contribution < -0.4 is 16.0 Å². The topological polar surface area (TPSA) is 174 Å². The van der Waals surface area contributed by atoms with Gasteiger partial charge in [-0.25, -0.2) is 9.97 Å². The van der Waals surface area contributed by atoms with Crippen molar-refractivity contribution in [3.05, 3.63) is 81.6 Å². The van der Waals surface area contributed by atoms with Crippen molar-refractivity contribution in [3.8, 4) is 0 Å². The molecule has 63 heavy (non-hydrogen) atoms. The van der Waals surface area contributed by atoms with Crippen LogP contribution in [0.5, 0.6) is 0 Å². The van der Waals surface area contributed by atoms with Gasteiger partial charge in [-0.2, -0.15) is 13.2 Å². The van der Waals surface area contributed by atoms with Gasteiger partial charge in [0.05, 0.1) is 32.0 Å². The molecule has 13 nitrogen and oxygen atoms in total. The van der Waals surface area contributed by atoms with Crippen molar-refractivity contribution >= 4 is 62.5 Å². The van der Waals surface area contributed by atoms with Crippen LogP contribution in [-0.2, 0) is 21.4 Å². The lowest BCUT2D eigenvalue weighted by Gasteiger charge is -2.38. The smallest absolute Gasteiger partial charge is 0.386 e. The number of amides is 5. The van der Waals surface area contributed by atoms with Crippen LogP contribution in [0.1, 0.15) is 138 Å². The standard InChI is InChI=1S/C46H52F3N7O6S/c1-45(2,62)30-22-34-36(23-33(30)52-40(58)32-8-5-9-37(51-32)46(47,48)49)63-42(53-34)27-14-10-26(11-15-27)24-55(3)28-16-12-25(13-17-28)20-21-50-31-7-4-6-29-39(31)44(61)56(43(29)60)35-18-19-38(57)54-41(35)59/h4-9,22-23,25-28,35,50,62H,10-21,24H2,1-3H3,(H,52,58)(H,54,57,59)/t25-,26?,27?,28-,35?. The number of hydrogen-bond acceptors (Lipinski definition) is 11. The molecule has 3 fully saturated rings. The minimum Gasteiger partial charge on any atom is -0.386 e. The molecular formula is C46H52F3N7O6S. The Morgan fingerprint density at radius 1 is 0.905 bits per heavy atom. The van der Waals surface area contributed by atoms with Crippen LogP contribution in [0.3, 0.4) is 0 Å². The lowest BCUT2D eigenvalue weighted by molar-refractivity contribution is -0.141. The molecule has 0 bridgehead atoms. The number of carbonyl (C=O) groups is 5.